The molecule has 5 rings (SSSR count). The molecule has 0 bridgehead atoms. The number of methoxy groups -OCH3 is 1. The minimum atomic E-state index is -0.168. The second-order valence-electron chi connectivity index (χ2n) is 7.59. The molecule has 2 aromatic carbocycles. The van der Waals surface area contributed by atoms with E-state index < -0.39 is 0 Å². The van der Waals surface area contributed by atoms with Crippen LogP contribution in [-0.4, -0.2) is 52.6 Å². The number of aryl methyl sites for hydroxylation is 2. The summed E-state index contributed by atoms with van der Waals surface area (Å²) in [6, 6.07) is 8.17. The lowest BCUT2D eigenvalue weighted by Crippen LogP contribution is -2.35. The highest BCUT2D eigenvalue weighted by atomic mass is 16.7. The Morgan fingerprint density at radius 3 is 2.83 bits per heavy atom. The van der Waals surface area contributed by atoms with Crippen LogP contribution in [0.1, 0.15) is 34.1 Å². The number of hydrogen-bond donors (Lipinski definition) is 0. The highest BCUT2D eigenvalue weighted by Crippen LogP contribution is 2.50. The van der Waals surface area contributed by atoms with Crippen LogP contribution in [0.2, 0.25) is 0 Å². The Kier molecular flexibility index (Phi) is 4.16. The maximum Gasteiger partial charge on any atom is 0.231 e. The minimum Gasteiger partial charge on any atom is -0.492 e. The molecule has 0 saturated heterocycles. The molecule has 0 fully saturated rings. The van der Waals surface area contributed by atoms with Gasteiger partial charge in [0.15, 0.2) is 17.3 Å². The summed E-state index contributed by atoms with van der Waals surface area (Å²) in [4.78, 5) is 2.25. The first-order chi connectivity index (χ1) is 14.1. The van der Waals surface area contributed by atoms with E-state index in [0.29, 0.717) is 11.5 Å². The molecule has 8 heteroatoms. The van der Waals surface area contributed by atoms with Gasteiger partial charge in [-0.15, -0.1) is 5.10 Å². The van der Waals surface area contributed by atoms with Crippen LogP contribution in [0.3, 0.4) is 0 Å². The fourth-order valence-electron chi connectivity index (χ4n) is 4.34. The predicted molar refractivity (Wildman–Crippen MR) is 106 cm³/mol. The molecular formula is C21H23N5O3. The maximum absolute atomic E-state index is 5.81. The Morgan fingerprint density at radius 1 is 1.17 bits per heavy atom. The Balaban J connectivity index is 1.71. The van der Waals surface area contributed by atoms with Gasteiger partial charge < -0.3 is 14.2 Å². The maximum atomic E-state index is 5.81. The second kappa shape index (κ2) is 6.73. The lowest BCUT2D eigenvalue weighted by atomic mass is 9.90. The van der Waals surface area contributed by atoms with Crippen molar-refractivity contribution in [2.45, 2.75) is 26.3 Å². The molecule has 0 spiro atoms. The van der Waals surface area contributed by atoms with Crippen molar-refractivity contribution in [2.24, 2.45) is 0 Å². The molecule has 29 heavy (non-hydrogen) atoms. The van der Waals surface area contributed by atoms with Crippen molar-refractivity contribution in [2.75, 3.05) is 27.5 Å². The quantitative estimate of drug-likeness (QED) is 0.677. The summed E-state index contributed by atoms with van der Waals surface area (Å²) in [5, 5.41) is 12.8. The van der Waals surface area contributed by atoms with Crippen LogP contribution < -0.4 is 14.2 Å². The molecule has 1 aromatic heterocycles. The van der Waals surface area contributed by atoms with Gasteiger partial charge in [0.25, 0.3) is 0 Å². The van der Waals surface area contributed by atoms with E-state index in [1.807, 2.05) is 4.68 Å². The van der Waals surface area contributed by atoms with Gasteiger partial charge in [-0.25, -0.2) is 0 Å². The number of nitrogens with zero attached hydrogens (tertiary/aromatic N) is 5. The van der Waals surface area contributed by atoms with E-state index in [1.54, 1.807) is 7.11 Å². The van der Waals surface area contributed by atoms with Crippen molar-refractivity contribution in [1.29, 1.82) is 0 Å². The summed E-state index contributed by atoms with van der Waals surface area (Å²) < 4.78 is 19.0. The highest BCUT2D eigenvalue weighted by Gasteiger charge is 2.37. The molecule has 2 aliphatic rings. The number of aromatic nitrogens is 4. The van der Waals surface area contributed by atoms with E-state index >= 15 is 0 Å². The largest absolute Gasteiger partial charge is 0.492 e. The summed E-state index contributed by atoms with van der Waals surface area (Å²) in [5.74, 6) is 2.83. The summed E-state index contributed by atoms with van der Waals surface area (Å²) in [5.41, 5.74) is 5.50. The van der Waals surface area contributed by atoms with Gasteiger partial charge in [0, 0.05) is 12.1 Å². The zero-order valence-corrected chi connectivity index (χ0v) is 17.0. The van der Waals surface area contributed by atoms with E-state index in [0.717, 1.165) is 41.4 Å². The molecule has 3 heterocycles. The first kappa shape index (κ1) is 17.9. The second-order valence-corrected chi connectivity index (χ2v) is 7.59. The summed E-state index contributed by atoms with van der Waals surface area (Å²) in [6.07, 6.45) is 0.889. The molecule has 0 N–H and O–H groups in total. The highest BCUT2D eigenvalue weighted by molar-refractivity contribution is 5.62. The summed E-state index contributed by atoms with van der Waals surface area (Å²) >= 11 is 0. The lowest BCUT2D eigenvalue weighted by molar-refractivity contribution is 0.170. The molecule has 2 aliphatic heterocycles. The van der Waals surface area contributed by atoms with Crippen LogP contribution in [0.15, 0.2) is 24.3 Å². The Labute approximate surface area is 169 Å². The smallest absolute Gasteiger partial charge is 0.231 e. The van der Waals surface area contributed by atoms with Crippen LogP contribution in [0.4, 0.5) is 0 Å². The molecule has 8 nitrogen and oxygen atoms in total. The molecule has 0 saturated carbocycles. The van der Waals surface area contributed by atoms with Gasteiger partial charge in [-0.05, 0) is 61.0 Å². The molecule has 0 radical (unpaired) electrons. The number of ether oxygens (including phenoxy) is 3. The van der Waals surface area contributed by atoms with E-state index in [-0.39, 0.29) is 12.8 Å². The predicted octanol–water partition coefficient (Wildman–Crippen LogP) is 2.59. The minimum absolute atomic E-state index is 0.168. The fraction of sp³-hybridized carbons (Fsp3) is 0.381. The molecule has 1 atom stereocenters. The molecule has 3 aromatic rings. The van der Waals surface area contributed by atoms with Gasteiger partial charge in [-0.2, -0.15) is 4.68 Å². The lowest BCUT2D eigenvalue weighted by Gasteiger charge is -2.34. The Bertz CT molecular complexity index is 1090. The number of rotatable bonds is 3. The van der Waals surface area contributed by atoms with Gasteiger partial charge in [-0.1, -0.05) is 17.7 Å². The zero-order chi connectivity index (χ0) is 20.1. The third-order valence-corrected chi connectivity index (χ3v) is 5.71. The SMILES string of the molecule is COc1c2c(cc3c1[C@H](c1nnnn1-c1ccc(C)cc1C)N(C)CC3)OCO2. The van der Waals surface area contributed by atoms with Gasteiger partial charge in [-0.3, -0.25) is 4.90 Å². The monoisotopic (exact) mass is 393 g/mol. The molecule has 0 unspecified atom stereocenters. The van der Waals surface area contributed by atoms with Gasteiger partial charge in [0.2, 0.25) is 12.5 Å². The van der Waals surface area contributed by atoms with E-state index in [9.17, 15) is 0 Å². The van der Waals surface area contributed by atoms with Crippen molar-refractivity contribution in [3.8, 4) is 22.9 Å². The number of likely N-dealkylation sites (N-methyl/N-ethyl adjacent to an activating group) is 1. The topological polar surface area (TPSA) is 74.5 Å². The fourth-order valence-corrected chi connectivity index (χ4v) is 4.34. The molecule has 0 amide bonds. The van der Waals surface area contributed by atoms with Crippen molar-refractivity contribution < 1.29 is 14.2 Å². The molecule has 150 valence electrons. The Hall–Kier alpha value is -3.13. The zero-order valence-electron chi connectivity index (χ0n) is 17.0. The van der Waals surface area contributed by atoms with Gasteiger partial charge >= 0.3 is 0 Å². The third-order valence-electron chi connectivity index (χ3n) is 5.71. The first-order valence-electron chi connectivity index (χ1n) is 9.64. The number of fused-ring (bicyclic) bond motifs is 2. The van der Waals surface area contributed by atoms with E-state index in [1.165, 1.54) is 11.1 Å². The van der Waals surface area contributed by atoms with Crippen molar-refractivity contribution in [3.63, 3.8) is 0 Å². The van der Waals surface area contributed by atoms with Gasteiger partial charge in [0.1, 0.15) is 6.04 Å². The van der Waals surface area contributed by atoms with Crippen molar-refractivity contribution in [1.82, 2.24) is 25.1 Å². The van der Waals surface area contributed by atoms with Crippen LogP contribution in [0.25, 0.3) is 5.69 Å². The Morgan fingerprint density at radius 2 is 2.03 bits per heavy atom. The average Bonchev–Trinajstić information content (AvgIpc) is 3.36. The van der Waals surface area contributed by atoms with Crippen molar-refractivity contribution >= 4 is 0 Å². The average molecular weight is 393 g/mol. The van der Waals surface area contributed by atoms with Crippen molar-refractivity contribution in [3.05, 3.63) is 52.3 Å². The molecular weight excluding hydrogens is 370 g/mol. The van der Waals surface area contributed by atoms with E-state index in [4.69, 9.17) is 14.2 Å². The number of hydrogen-bond acceptors (Lipinski definition) is 7. The summed E-state index contributed by atoms with van der Waals surface area (Å²) in [6.45, 7) is 5.23. The molecule has 0 aliphatic carbocycles. The van der Waals surface area contributed by atoms with E-state index in [2.05, 4.69) is 65.6 Å². The number of tetrazole rings is 1. The van der Waals surface area contributed by atoms with Crippen LogP contribution in [0.5, 0.6) is 17.2 Å². The third kappa shape index (κ3) is 2.74. The summed E-state index contributed by atoms with van der Waals surface area (Å²) in [7, 11) is 3.75. The van der Waals surface area contributed by atoms with Crippen LogP contribution >= 0.6 is 0 Å². The first-order valence-corrected chi connectivity index (χ1v) is 9.64. The standard InChI is InChI=1S/C21H23N5O3/c1-12-5-6-15(13(2)9-12)26-21(22-23-24-26)18-17-14(7-8-25(18)3)10-16-19(20(17)27-4)29-11-28-16/h5-6,9-10,18H,7-8,11H2,1-4H3/t18-/m1/s1. The number of benzene rings is 2. The van der Waals surface area contributed by atoms with Crippen LogP contribution in [0, 0.1) is 13.8 Å². The van der Waals surface area contributed by atoms with Gasteiger partial charge in [0.05, 0.1) is 12.8 Å². The normalized spacial score (nSPS) is 18.0. The van der Waals surface area contributed by atoms with Crippen LogP contribution in [-0.2, 0) is 6.42 Å².